The first-order valence-corrected chi connectivity index (χ1v) is 6.15. The van der Waals surface area contributed by atoms with Crippen molar-refractivity contribution in [1.29, 1.82) is 0 Å². The average molecular weight is 196 g/mol. The molecule has 2 fully saturated rings. The number of likely N-dealkylation sites (N-methyl/N-ethyl adjacent to an activating group) is 1. The van der Waals surface area contributed by atoms with Crippen LogP contribution in [0.3, 0.4) is 0 Å². The molecule has 0 aromatic heterocycles. The predicted octanol–water partition coefficient (Wildman–Crippen LogP) is 2.00. The van der Waals surface area contributed by atoms with Crippen molar-refractivity contribution in [3.05, 3.63) is 0 Å². The van der Waals surface area contributed by atoms with E-state index in [1.54, 1.807) is 0 Å². The molecule has 1 aliphatic carbocycles. The summed E-state index contributed by atoms with van der Waals surface area (Å²) in [5.74, 6) is 0. The third-order valence-corrected chi connectivity index (χ3v) is 4.14. The van der Waals surface area contributed by atoms with E-state index in [1.165, 1.54) is 51.6 Å². The summed E-state index contributed by atoms with van der Waals surface area (Å²) in [5.41, 5.74) is 0.462. The number of hydrogen-bond donors (Lipinski definition) is 1. The third kappa shape index (κ3) is 2.29. The van der Waals surface area contributed by atoms with Crippen molar-refractivity contribution in [2.24, 2.45) is 0 Å². The smallest absolute Gasteiger partial charge is 0.0218 e. The summed E-state index contributed by atoms with van der Waals surface area (Å²) in [5, 5.41) is 3.79. The summed E-state index contributed by atoms with van der Waals surface area (Å²) in [6.45, 7) is 4.89. The molecule has 2 heteroatoms. The van der Waals surface area contributed by atoms with Crippen LogP contribution in [0.25, 0.3) is 0 Å². The van der Waals surface area contributed by atoms with E-state index in [0.717, 1.165) is 6.04 Å². The molecule has 0 radical (unpaired) electrons. The molecule has 0 amide bonds. The van der Waals surface area contributed by atoms with Crippen molar-refractivity contribution < 1.29 is 0 Å². The zero-order valence-electron chi connectivity index (χ0n) is 9.68. The summed E-state index contributed by atoms with van der Waals surface area (Å²) >= 11 is 0. The molecule has 1 heterocycles. The molecular weight excluding hydrogens is 172 g/mol. The second-order valence-corrected chi connectivity index (χ2v) is 5.43. The van der Waals surface area contributed by atoms with Crippen LogP contribution in [0, 0.1) is 0 Å². The van der Waals surface area contributed by atoms with Gasteiger partial charge in [-0.3, -0.25) is 0 Å². The maximum atomic E-state index is 3.79. The van der Waals surface area contributed by atoms with E-state index in [-0.39, 0.29) is 0 Å². The summed E-state index contributed by atoms with van der Waals surface area (Å²) < 4.78 is 0. The molecule has 14 heavy (non-hydrogen) atoms. The number of nitrogens with one attached hydrogen (secondary N) is 1. The van der Waals surface area contributed by atoms with Crippen molar-refractivity contribution in [3.8, 4) is 0 Å². The van der Waals surface area contributed by atoms with Gasteiger partial charge in [-0.25, -0.2) is 0 Å². The van der Waals surface area contributed by atoms with Gasteiger partial charge < -0.3 is 10.2 Å². The second kappa shape index (κ2) is 4.19. The van der Waals surface area contributed by atoms with Gasteiger partial charge in [0.05, 0.1) is 0 Å². The van der Waals surface area contributed by atoms with E-state index in [2.05, 4.69) is 24.2 Å². The number of rotatable bonds is 3. The molecular formula is C12H24N2. The first-order valence-electron chi connectivity index (χ1n) is 6.15. The Labute approximate surface area is 88.1 Å². The molecule has 2 aliphatic rings. The lowest BCUT2D eigenvalue weighted by Gasteiger charge is -2.29. The van der Waals surface area contributed by atoms with Gasteiger partial charge in [-0.15, -0.1) is 0 Å². The zero-order valence-corrected chi connectivity index (χ0v) is 9.68. The highest BCUT2D eigenvalue weighted by Gasteiger charge is 2.30. The number of nitrogens with zero attached hydrogens (tertiary/aromatic N) is 1. The lowest BCUT2D eigenvalue weighted by molar-refractivity contribution is 0.263. The SMILES string of the molecule is CN1CCCC1CNC1(C)CCCC1. The van der Waals surface area contributed by atoms with Crippen molar-refractivity contribution in [2.45, 2.75) is 57.0 Å². The molecule has 1 N–H and O–H groups in total. The predicted molar refractivity (Wildman–Crippen MR) is 60.5 cm³/mol. The van der Waals surface area contributed by atoms with Gasteiger partial charge in [-0.05, 0) is 46.2 Å². The van der Waals surface area contributed by atoms with Crippen LogP contribution in [0.2, 0.25) is 0 Å². The van der Waals surface area contributed by atoms with Crippen LogP contribution in [0.4, 0.5) is 0 Å². The molecule has 1 unspecified atom stereocenters. The van der Waals surface area contributed by atoms with Crippen LogP contribution in [0.5, 0.6) is 0 Å². The van der Waals surface area contributed by atoms with E-state index in [1.807, 2.05) is 0 Å². The van der Waals surface area contributed by atoms with Gasteiger partial charge >= 0.3 is 0 Å². The third-order valence-electron chi connectivity index (χ3n) is 4.14. The Hall–Kier alpha value is -0.0800. The lowest BCUT2D eigenvalue weighted by atomic mass is 10.00. The maximum absolute atomic E-state index is 3.79. The first-order chi connectivity index (χ1) is 6.70. The topological polar surface area (TPSA) is 15.3 Å². The summed E-state index contributed by atoms with van der Waals surface area (Å²) in [4.78, 5) is 2.51. The Balaban J connectivity index is 1.75. The van der Waals surface area contributed by atoms with Crippen LogP contribution in [0.1, 0.15) is 45.4 Å². The monoisotopic (exact) mass is 196 g/mol. The van der Waals surface area contributed by atoms with Gasteiger partial charge in [-0.1, -0.05) is 12.8 Å². The summed E-state index contributed by atoms with van der Waals surface area (Å²) in [6, 6.07) is 0.799. The Kier molecular flexibility index (Phi) is 3.13. The highest BCUT2D eigenvalue weighted by Crippen LogP contribution is 2.29. The zero-order chi connectivity index (χ0) is 10.0. The van der Waals surface area contributed by atoms with Gasteiger partial charge in [0, 0.05) is 18.1 Å². The molecule has 1 saturated carbocycles. The number of hydrogen-bond acceptors (Lipinski definition) is 2. The van der Waals surface area contributed by atoms with Crippen molar-refractivity contribution in [3.63, 3.8) is 0 Å². The first kappa shape index (κ1) is 10.4. The Morgan fingerprint density at radius 2 is 2.00 bits per heavy atom. The Bertz CT molecular complexity index is 185. The fourth-order valence-electron chi connectivity index (χ4n) is 2.93. The minimum absolute atomic E-state index is 0.462. The van der Waals surface area contributed by atoms with Crippen molar-refractivity contribution >= 4 is 0 Å². The van der Waals surface area contributed by atoms with Crippen LogP contribution in [-0.2, 0) is 0 Å². The lowest BCUT2D eigenvalue weighted by Crippen LogP contribution is -2.46. The van der Waals surface area contributed by atoms with Gasteiger partial charge in [0.15, 0.2) is 0 Å². The molecule has 82 valence electrons. The normalized spacial score (nSPS) is 32.6. The van der Waals surface area contributed by atoms with Crippen molar-refractivity contribution in [2.75, 3.05) is 20.1 Å². The van der Waals surface area contributed by atoms with Crippen LogP contribution in [-0.4, -0.2) is 36.6 Å². The highest BCUT2D eigenvalue weighted by molar-refractivity contribution is 4.90. The van der Waals surface area contributed by atoms with Crippen LogP contribution in [0.15, 0.2) is 0 Å². The molecule has 1 saturated heterocycles. The standard InChI is InChI=1S/C12H24N2/c1-12(7-3-4-8-12)13-10-11-6-5-9-14(11)2/h11,13H,3-10H2,1-2H3. The van der Waals surface area contributed by atoms with Gasteiger partial charge in [0.1, 0.15) is 0 Å². The van der Waals surface area contributed by atoms with Crippen LogP contribution < -0.4 is 5.32 Å². The second-order valence-electron chi connectivity index (χ2n) is 5.43. The molecule has 0 bridgehead atoms. The number of likely N-dealkylation sites (tertiary alicyclic amines) is 1. The molecule has 0 aromatic carbocycles. The molecule has 2 nitrogen and oxygen atoms in total. The molecule has 1 atom stereocenters. The van der Waals surface area contributed by atoms with Gasteiger partial charge in [0.25, 0.3) is 0 Å². The fourth-order valence-corrected chi connectivity index (χ4v) is 2.93. The van der Waals surface area contributed by atoms with Crippen molar-refractivity contribution in [1.82, 2.24) is 10.2 Å². The summed E-state index contributed by atoms with van der Waals surface area (Å²) in [6.07, 6.45) is 8.38. The average Bonchev–Trinajstić information content (AvgIpc) is 2.73. The van der Waals surface area contributed by atoms with Crippen LogP contribution >= 0.6 is 0 Å². The Morgan fingerprint density at radius 1 is 1.29 bits per heavy atom. The summed E-state index contributed by atoms with van der Waals surface area (Å²) in [7, 11) is 2.26. The largest absolute Gasteiger partial charge is 0.310 e. The molecule has 1 aliphatic heterocycles. The fraction of sp³-hybridized carbons (Fsp3) is 1.00. The minimum atomic E-state index is 0.462. The minimum Gasteiger partial charge on any atom is -0.310 e. The van der Waals surface area contributed by atoms with Gasteiger partial charge in [0.2, 0.25) is 0 Å². The molecule has 2 rings (SSSR count). The van der Waals surface area contributed by atoms with E-state index >= 15 is 0 Å². The maximum Gasteiger partial charge on any atom is 0.0218 e. The van der Waals surface area contributed by atoms with E-state index in [9.17, 15) is 0 Å². The molecule has 0 aromatic rings. The van der Waals surface area contributed by atoms with Gasteiger partial charge in [-0.2, -0.15) is 0 Å². The quantitative estimate of drug-likeness (QED) is 0.743. The van der Waals surface area contributed by atoms with E-state index in [4.69, 9.17) is 0 Å². The van der Waals surface area contributed by atoms with E-state index in [0.29, 0.717) is 5.54 Å². The Morgan fingerprint density at radius 3 is 2.57 bits per heavy atom. The van der Waals surface area contributed by atoms with E-state index < -0.39 is 0 Å². The molecule has 0 spiro atoms. The highest BCUT2D eigenvalue weighted by atomic mass is 15.2.